The second kappa shape index (κ2) is 9.65. The van der Waals surface area contributed by atoms with Crippen LogP contribution in [0.15, 0.2) is 58.1 Å². The van der Waals surface area contributed by atoms with E-state index < -0.39 is 35.4 Å². The maximum Gasteiger partial charge on any atom is 0.416 e. The van der Waals surface area contributed by atoms with Crippen molar-refractivity contribution in [3.63, 3.8) is 0 Å². The summed E-state index contributed by atoms with van der Waals surface area (Å²) in [7, 11) is 0. The second-order valence-electron chi connectivity index (χ2n) is 8.00. The van der Waals surface area contributed by atoms with Gasteiger partial charge in [0.05, 0.1) is 28.9 Å². The monoisotopic (exact) mass is 517 g/mol. The number of carbonyl (C=O) groups excluding carboxylic acids is 1. The number of halogens is 3. The van der Waals surface area contributed by atoms with Crippen LogP contribution in [0.5, 0.6) is 5.75 Å². The minimum Gasteiger partial charge on any atom is -0.492 e. The van der Waals surface area contributed by atoms with Gasteiger partial charge in [-0.25, -0.2) is 9.36 Å². The Morgan fingerprint density at radius 1 is 1.08 bits per heavy atom. The minimum atomic E-state index is -4.66. The molecule has 0 aliphatic heterocycles. The summed E-state index contributed by atoms with van der Waals surface area (Å²) in [5, 5.41) is 2.88. The van der Waals surface area contributed by atoms with E-state index in [2.05, 4.69) is 5.32 Å². The first-order valence-corrected chi connectivity index (χ1v) is 11.8. The summed E-state index contributed by atoms with van der Waals surface area (Å²) in [5.41, 5.74) is -1.90. The number of hydrogen-bond donors (Lipinski definition) is 1. The molecule has 0 unspecified atom stereocenters. The summed E-state index contributed by atoms with van der Waals surface area (Å²) >= 11 is 1.17. The van der Waals surface area contributed by atoms with Gasteiger partial charge in [-0.3, -0.25) is 14.2 Å². The number of nitrogens with zero attached hydrogens (tertiary/aromatic N) is 2. The van der Waals surface area contributed by atoms with Crippen LogP contribution in [0.4, 0.5) is 18.9 Å². The number of alkyl halides is 3. The van der Waals surface area contributed by atoms with E-state index in [1.165, 1.54) is 17.4 Å². The SMILES string of the molecule is CCOc1ccccc1NC(=O)Cn1c(=O)n(-c2cccc(C(F)(F)F)c2)c(=O)c2c(C)c(C)sc21. The van der Waals surface area contributed by atoms with E-state index >= 15 is 0 Å². The number of ether oxygens (including phenoxy) is 1. The number of aromatic nitrogens is 2. The predicted octanol–water partition coefficient (Wildman–Crippen LogP) is 4.89. The molecule has 0 fully saturated rings. The average molecular weight is 518 g/mol. The number of rotatable bonds is 6. The van der Waals surface area contributed by atoms with E-state index in [-0.39, 0.29) is 15.9 Å². The van der Waals surface area contributed by atoms with Crippen molar-refractivity contribution in [3.05, 3.63) is 85.4 Å². The lowest BCUT2D eigenvalue weighted by Crippen LogP contribution is -2.40. The summed E-state index contributed by atoms with van der Waals surface area (Å²) in [6.45, 7) is 5.17. The molecule has 0 spiro atoms. The van der Waals surface area contributed by atoms with Gasteiger partial charge in [0, 0.05) is 4.88 Å². The molecular formula is C25H22F3N3O4S. The molecule has 0 saturated carbocycles. The standard InChI is InChI=1S/C25H22F3N3O4S/c1-4-35-19-11-6-5-10-18(19)29-20(32)13-30-23-21(14(2)15(3)36-23)22(33)31(24(30)34)17-9-7-8-16(12-17)25(26,27)28/h5-12H,4,13H2,1-3H3,(H,29,32). The Kier molecular flexibility index (Phi) is 6.77. The van der Waals surface area contributed by atoms with Gasteiger partial charge in [-0.2, -0.15) is 13.2 Å². The lowest BCUT2D eigenvalue weighted by molar-refractivity contribution is -0.137. The molecule has 4 rings (SSSR count). The smallest absolute Gasteiger partial charge is 0.416 e. The first-order chi connectivity index (χ1) is 17.0. The Labute approximate surface area is 207 Å². The summed E-state index contributed by atoms with van der Waals surface area (Å²) in [5.74, 6) is -0.119. The Morgan fingerprint density at radius 2 is 1.81 bits per heavy atom. The Morgan fingerprint density at radius 3 is 2.50 bits per heavy atom. The topological polar surface area (TPSA) is 82.3 Å². The van der Waals surface area contributed by atoms with Crippen LogP contribution in [0.3, 0.4) is 0 Å². The van der Waals surface area contributed by atoms with Crippen molar-refractivity contribution in [2.24, 2.45) is 0 Å². The van der Waals surface area contributed by atoms with Gasteiger partial charge in [0.25, 0.3) is 5.56 Å². The highest BCUT2D eigenvalue weighted by Crippen LogP contribution is 2.31. The maximum atomic E-state index is 13.5. The number of thiophene rings is 1. The number of aryl methyl sites for hydroxylation is 2. The van der Waals surface area contributed by atoms with E-state index in [9.17, 15) is 27.6 Å². The number of amides is 1. The highest BCUT2D eigenvalue weighted by atomic mass is 32.1. The highest BCUT2D eigenvalue weighted by molar-refractivity contribution is 7.18. The van der Waals surface area contributed by atoms with Gasteiger partial charge in [0.1, 0.15) is 17.1 Å². The fourth-order valence-corrected chi connectivity index (χ4v) is 4.97. The molecule has 0 radical (unpaired) electrons. The highest BCUT2D eigenvalue weighted by Gasteiger charge is 2.31. The van der Waals surface area contributed by atoms with Crippen molar-refractivity contribution < 1.29 is 22.7 Å². The number of fused-ring (bicyclic) bond motifs is 1. The van der Waals surface area contributed by atoms with Crippen molar-refractivity contribution in [3.8, 4) is 11.4 Å². The number of benzene rings is 2. The lowest BCUT2D eigenvalue weighted by Gasteiger charge is -2.15. The second-order valence-corrected chi connectivity index (χ2v) is 9.20. The quantitative estimate of drug-likeness (QED) is 0.395. The number of para-hydroxylation sites is 2. The zero-order chi connectivity index (χ0) is 26.2. The van der Waals surface area contributed by atoms with Crippen LogP contribution in [-0.2, 0) is 17.5 Å². The lowest BCUT2D eigenvalue weighted by atomic mass is 10.2. The summed E-state index contributed by atoms with van der Waals surface area (Å²) in [6.07, 6.45) is -4.66. The number of hydrogen-bond acceptors (Lipinski definition) is 5. The van der Waals surface area contributed by atoms with Crippen molar-refractivity contribution in [1.82, 2.24) is 9.13 Å². The van der Waals surface area contributed by atoms with Crippen molar-refractivity contribution in [2.75, 3.05) is 11.9 Å². The summed E-state index contributed by atoms with van der Waals surface area (Å²) < 4.78 is 47.3. The first-order valence-electron chi connectivity index (χ1n) is 11.0. The van der Waals surface area contributed by atoms with Gasteiger partial charge in [0.2, 0.25) is 5.91 Å². The van der Waals surface area contributed by atoms with Crippen LogP contribution in [0.2, 0.25) is 0 Å². The molecule has 0 aliphatic carbocycles. The summed E-state index contributed by atoms with van der Waals surface area (Å²) in [4.78, 5) is 40.8. The fourth-order valence-electron chi connectivity index (χ4n) is 3.83. The molecule has 0 bridgehead atoms. The normalized spacial score (nSPS) is 11.6. The average Bonchev–Trinajstić information content (AvgIpc) is 3.12. The molecule has 11 heteroatoms. The Hall–Kier alpha value is -3.86. The zero-order valence-corrected chi connectivity index (χ0v) is 20.4. The predicted molar refractivity (Wildman–Crippen MR) is 132 cm³/mol. The van der Waals surface area contributed by atoms with Crippen molar-refractivity contribution in [1.29, 1.82) is 0 Å². The first kappa shape index (κ1) is 25.2. The Balaban J connectivity index is 1.86. The van der Waals surface area contributed by atoms with Crippen LogP contribution >= 0.6 is 11.3 Å². The minimum absolute atomic E-state index is 0.178. The van der Waals surface area contributed by atoms with Crippen molar-refractivity contribution in [2.45, 2.75) is 33.5 Å². The molecule has 2 heterocycles. The molecule has 36 heavy (non-hydrogen) atoms. The van der Waals surface area contributed by atoms with E-state index in [0.29, 0.717) is 28.2 Å². The van der Waals surface area contributed by atoms with E-state index in [0.717, 1.165) is 27.6 Å². The van der Waals surface area contributed by atoms with Crippen LogP contribution in [-0.4, -0.2) is 21.6 Å². The molecule has 0 aliphatic rings. The largest absolute Gasteiger partial charge is 0.492 e. The molecular weight excluding hydrogens is 495 g/mol. The molecule has 4 aromatic rings. The molecule has 7 nitrogen and oxygen atoms in total. The van der Waals surface area contributed by atoms with Gasteiger partial charge in [-0.1, -0.05) is 18.2 Å². The number of anilines is 1. The van der Waals surface area contributed by atoms with Gasteiger partial charge < -0.3 is 10.1 Å². The van der Waals surface area contributed by atoms with Crippen molar-refractivity contribution >= 4 is 33.1 Å². The van der Waals surface area contributed by atoms with Gasteiger partial charge in [-0.15, -0.1) is 11.3 Å². The van der Waals surface area contributed by atoms with Gasteiger partial charge in [-0.05, 0) is 56.7 Å². The maximum absolute atomic E-state index is 13.5. The molecule has 2 aromatic heterocycles. The van der Waals surface area contributed by atoms with Gasteiger partial charge >= 0.3 is 11.9 Å². The number of nitrogens with one attached hydrogen (secondary N) is 1. The molecule has 0 atom stereocenters. The third-order valence-corrected chi connectivity index (χ3v) is 6.88. The van der Waals surface area contributed by atoms with Crippen LogP contribution in [0.1, 0.15) is 22.9 Å². The zero-order valence-electron chi connectivity index (χ0n) is 19.6. The molecule has 1 N–H and O–H groups in total. The molecule has 188 valence electrons. The Bertz CT molecular complexity index is 1580. The van der Waals surface area contributed by atoms with E-state index in [1.807, 2.05) is 0 Å². The fraction of sp³-hybridized carbons (Fsp3) is 0.240. The summed E-state index contributed by atoms with van der Waals surface area (Å²) in [6, 6.07) is 10.8. The van der Waals surface area contributed by atoms with Crippen LogP contribution in [0.25, 0.3) is 15.9 Å². The van der Waals surface area contributed by atoms with E-state index in [1.54, 1.807) is 45.0 Å². The van der Waals surface area contributed by atoms with E-state index in [4.69, 9.17) is 4.74 Å². The van der Waals surface area contributed by atoms with Gasteiger partial charge in [0.15, 0.2) is 0 Å². The van der Waals surface area contributed by atoms with Crippen LogP contribution < -0.4 is 21.3 Å². The van der Waals surface area contributed by atoms with Crippen LogP contribution in [0, 0.1) is 13.8 Å². The molecule has 2 aromatic carbocycles. The molecule has 0 saturated heterocycles. The third kappa shape index (κ3) is 4.66. The number of carbonyl (C=O) groups is 1. The third-order valence-electron chi connectivity index (χ3n) is 5.65. The molecule has 1 amide bonds.